The standard InChI is InChI=1S/C23H19FN4O3/c1-14-25-20-12-15(8-11-21(20)28(14)17-6-4-3-5-7-17)22(29)26-16-9-10-18(24)19(13-16)27-23(30)31-2/h3-13H,1-2H3,(H,26,29)(H,27,30). The summed E-state index contributed by atoms with van der Waals surface area (Å²) in [5, 5.41) is 4.96. The van der Waals surface area contributed by atoms with E-state index in [1.165, 1.54) is 19.2 Å². The molecule has 0 saturated heterocycles. The first-order chi connectivity index (χ1) is 15.0. The number of carbonyl (C=O) groups is 2. The molecule has 2 amide bonds. The van der Waals surface area contributed by atoms with Gasteiger partial charge in [-0.15, -0.1) is 0 Å². The second-order valence-electron chi connectivity index (χ2n) is 6.80. The van der Waals surface area contributed by atoms with Crippen LogP contribution in [0.3, 0.4) is 0 Å². The Hall–Kier alpha value is -4.20. The van der Waals surface area contributed by atoms with Crippen LogP contribution in [0.2, 0.25) is 0 Å². The van der Waals surface area contributed by atoms with Gasteiger partial charge in [-0.3, -0.25) is 14.7 Å². The van der Waals surface area contributed by atoms with E-state index in [-0.39, 0.29) is 11.6 Å². The second-order valence-corrected chi connectivity index (χ2v) is 6.80. The Balaban J connectivity index is 1.60. The summed E-state index contributed by atoms with van der Waals surface area (Å²) in [5.74, 6) is -0.230. The fourth-order valence-electron chi connectivity index (χ4n) is 3.31. The number of benzene rings is 3. The summed E-state index contributed by atoms with van der Waals surface area (Å²) in [7, 11) is 1.18. The maximum atomic E-state index is 13.9. The van der Waals surface area contributed by atoms with Gasteiger partial charge in [0.2, 0.25) is 0 Å². The molecule has 0 radical (unpaired) electrons. The lowest BCUT2D eigenvalue weighted by atomic mass is 10.1. The molecule has 0 aliphatic rings. The number of methoxy groups -OCH3 is 1. The molecule has 0 fully saturated rings. The number of rotatable bonds is 4. The monoisotopic (exact) mass is 418 g/mol. The number of hydrogen-bond donors (Lipinski definition) is 2. The average molecular weight is 418 g/mol. The highest BCUT2D eigenvalue weighted by Gasteiger charge is 2.14. The van der Waals surface area contributed by atoms with Crippen molar-refractivity contribution in [3.05, 3.63) is 83.9 Å². The maximum absolute atomic E-state index is 13.9. The van der Waals surface area contributed by atoms with Gasteiger partial charge < -0.3 is 10.1 Å². The Morgan fingerprint density at radius 1 is 1.00 bits per heavy atom. The van der Waals surface area contributed by atoms with Gasteiger partial charge in [0.25, 0.3) is 5.91 Å². The zero-order chi connectivity index (χ0) is 22.0. The predicted octanol–water partition coefficient (Wildman–Crippen LogP) is 4.90. The number of aryl methyl sites for hydroxylation is 1. The number of carbonyl (C=O) groups excluding carboxylic acids is 2. The Morgan fingerprint density at radius 2 is 1.77 bits per heavy atom. The Kier molecular flexibility index (Phi) is 5.36. The molecule has 31 heavy (non-hydrogen) atoms. The summed E-state index contributed by atoms with van der Waals surface area (Å²) in [4.78, 5) is 28.7. The summed E-state index contributed by atoms with van der Waals surface area (Å²) < 4.78 is 20.4. The summed E-state index contributed by atoms with van der Waals surface area (Å²) in [6.45, 7) is 1.90. The molecule has 0 atom stereocenters. The molecule has 4 aromatic rings. The Bertz CT molecular complexity index is 1280. The fraction of sp³-hybridized carbons (Fsp3) is 0.0870. The molecule has 156 valence electrons. The van der Waals surface area contributed by atoms with Gasteiger partial charge >= 0.3 is 6.09 Å². The summed E-state index contributed by atoms with van der Waals surface area (Å²) in [6, 6.07) is 18.9. The first-order valence-corrected chi connectivity index (χ1v) is 9.46. The van der Waals surface area contributed by atoms with Crippen LogP contribution in [0, 0.1) is 12.7 Å². The van der Waals surface area contributed by atoms with Gasteiger partial charge in [0.15, 0.2) is 0 Å². The van der Waals surface area contributed by atoms with Crippen LogP contribution in [0.4, 0.5) is 20.6 Å². The van der Waals surface area contributed by atoms with E-state index in [0.29, 0.717) is 16.8 Å². The van der Waals surface area contributed by atoms with Gasteiger partial charge in [-0.25, -0.2) is 14.2 Å². The molecule has 1 heterocycles. The van der Waals surface area contributed by atoms with E-state index < -0.39 is 11.9 Å². The molecular weight excluding hydrogens is 399 g/mol. The maximum Gasteiger partial charge on any atom is 0.411 e. The number of aromatic nitrogens is 2. The SMILES string of the molecule is COC(=O)Nc1cc(NC(=O)c2ccc3c(c2)nc(C)n3-c2ccccc2)ccc1F. The smallest absolute Gasteiger partial charge is 0.411 e. The molecular formula is C23H19FN4O3. The van der Waals surface area contributed by atoms with Gasteiger partial charge in [-0.05, 0) is 55.5 Å². The third kappa shape index (κ3) is 4.09. The minimum atomic E-state index is -0.808. The molecule has 0 bridgehead atoms. The summed E-state index contributed by atoms with van der Waals surface area (Å²) >= 11 is 0. The zero-order valence-electron chi connectivity index (χ0n) is 16.8. The van der Waals surface area contributed by atoms with Gasteiger partial charge in [0.1, 0.15) is 11.6 Å². The number of amides is 2. The predicted molar refractivity (Wildman–Crippen MR) is 116 cm³/mol. The van der Waals surface area contributed by atoms with Crippen LogP contribution in [0.5, 0.6) is 0 Å². The van der Waals surface area contributed by atoms with Crippen LogP contribution in [-0.4, -0.2) is 28.7 Å². The second kappa shape index (κ2) is 8.27. The van der Waals surface area contributed by atoms with Crippen molar-refractivity contribution in [3.8, 4) is 5.69 Å². The van der Waals surface area contributed by atoms with Crippen molar-refractivity contribution >= 4 is 34.4 Å². The van der Waals surface area contributed by atoms with Crippen molar-refractivity contribution in [1.29, 1.82) is 0 Å². The van der Waals surface area contributed by atoms with Gasteiger partial charge in [0.05, 0.1) is 23.8 Å². The van der Waals surface area contributed by atoms with Gasteiger partial charge in [0, 0.05) is 16.9 Å². The molecule has 0 aliphatic heterocycles. The van der Waals surface area contributed by atoms with E-state index >= 15 is 0 Å². The number of nitrogens with one attached hydrogen (secondary N) is 2. The summed E-state index contributed by atoms with van der Waals surface area (Å²) in [5.41, 5.74) is 3.17. The van der Waals surface area contributed by atoms with Crippen LogP contribution in [0.15, 0.2) is 66.7 Å². The van der Waals surface area contributed by atoms with Crippen molar-refractivity contribution in [2.45, 2.75) is 6.92 Å². The van der Waals surface area contributed by atoms with Crippen molar-refractivity contribution in [2.75, 3.05) is 17.7 Å². The number of ether oxygens (including phenoxy) is 1. The normalized spacial score (nSPS) is 10.7. The van der Waals surface area contributed by atoms with Crippen LogP contribution >= 0.6 is 0 Å². The molecule has 0 unspecified atom stereocenters. The van der Waals surface area contributed by atoms with E-state index in [4.69, 9.17) is 0 Å². The van der Waals surface area contributed by atoms with Crippen LogP contribution in [0.1, 0.15) is 16.2 Å². The molecule has 8 heteroatoms. The fourth-order valence-corrected chi connectivity index (χ4v) is 3.31. The van der Waals surface area contributed by atoms with Crippen LogP contribution < -0.4 is 10.6 Å². The van der Waals surface area contributed by atoms with E-state index in [1.54, 1.807) is 12.1 Å². The third-order valence-corrected chi connectivity index (χ3v) is 4.75. The lowest BCUT2D eigenvalue weighted by molar-refractivity contribution is 0.102. The highest BCUT2D eigenvalue weighted by Crippen LogP contribution is 2.24. The lowest BCUT2D eigenvalue weighted by Crippen LogP contribution is -2.14. The van der Waals surface area contributed by atoms with Crippen molar-refractivity contribution < 1.29 is 18.7 Å². The molecule has 0 spiro atoms. The van der Waals surface area contributed by atoms with Crippen LogP contribution in [-0.2, 0) is 4.74 Å². The molecule has 0 saturated carbocycles. The largest absolute Gasteiger partial charge is 0.453 e. The van der Waals surface area contributed by atoms with Crippen LogP contribution in [0.25, 0.3) is 16.7 Å². The molecule has 4 rings (SSSR count). The number of hydrogen-bond acceptors (Lipinski definition) is 4. The molecule has 3 aromatic carbocycles. The quantitative estimate of drug-likeness (QED) is 0.493. The number of halogens is 1. The number of nitrogens with zero attached hydrogens (tertiary/aromatic N) is 2. The van der Waals surface area contributed by atoms with Gasteiger partial charge in [-0.1, -0.05) is 18.2 Å². The number of anilines is 2. The topological polar surface area (TPSA) is 85.2 Å². The number of imidazole rings is 1. The Labute approximate surface area is 177 Å². The molecule has 7 nitrogen and oxygen atoms in total. The number of fused-ring (bicyclic) bond motifs is 1. The average Bonchev–Trinajstić information content (AvgIpc) is 3.11. The first kappa shape index (κ1) is 20.1. The van der Waals surface area contributed by atoms with E-state index in [2.05, 4.69) is 20.4 Å². The van der Waals surface area contributed by atoms with E-state index in [9.17, 15) is 14.0 Å². The molecule has 2 N–H and O–H groups in total. The first-order valence-electron chi connectivity index (χ1n) is 9.46. The molecule has 0 aliphatic carbocycles. The van der Waals surface area contributed by atoms with E-state index in [0.717, 1.165) is 23.1 Å². The third-order valence-electron chi connectivity index (χ3n) is 4.75. The highest BCUT2D eigenvalue weighted by atomic mass is 19.1. The van der Waals surface area contributed by atoms with Crippen molar-refractivity contribution in [2.24, 2.45) is 0 Å². The summed E-state index contributed by atoms with van der Waals surface area (Å²) in [6.07, 6.45) is -0.808. The van der Waals surface area contributed by atoms with Gasteiger partial charge in [-0.2, -0.15) is 0 Å². The minimum Gasteiger partial charge on any atom is -0.453 e. The Morgan fingerprint density at radius 3 is 2.52 bits per heavy atom. The van der Waals surface area contributed by atoms with E-state index in [1.807, 2.05) is 47.9 Å². The number of para-hydroxylation sites is 1. The van der Waals surface area contributed by atoms with Crippen molar-refractivity contribution in [1.82, 2.24) is 9.55 Å². The highest BCUT2D eigenvalue weighted by molar-refractivity contribution is 6.06. The zero-order valence-corrected chi connectivity index (χ0v) is 16.8. The lowest BCUT2D eigenvalue weighted by Gasteiger charge is -2.10. The minimum absolute atomic E-state index is 0.0997. The molecule has 1 aromatic heterocycles. The van der Waals surface area contributed by atoms with Crippen molar-refractivity contribution in [3.63, 3.8) is 0 Å².